The summed E-state index contributed by atoms with van der Waals surface area (Å²) < 4.78 is 0. The van der Waals surface area contributed by atoms with Crippen LogP contribution in [0.3, 0.4) is 0 Å². The van der Waals surface area contributed by atoms with Gasteiger partial charge < -0.3 is 10.2 Å². The largest absolute Gasteiger partial charge is 0.324 e. The molecule has 0 aliphatic carbocycles. The summed E-state index contributed by atoms with van der Waals surface area (Å²) in [5, 5.41) is 4.03. The average molecular weight is 316 g/mol. The first kappa shape index (κ1) is 15.4. The number of halogens is 2. The molecule has 0 aromatic heterocycles. The van der Waals surface area contributed by atoms with Gasteiger partial charge in [-0.3, -0.25) is 4.90 Å². The van der Waals surface area contributed by atoms with Gasteiger partial charge in [-0.25, -0.2) is 4.79 Å². The number of nitrogens with zero attached hydrogens (tertiary/aromatic N) is 2. The third-order valence-corrected chi connectivity index (χ3v) is 4.11. The highest BCUT2D eigenvalue weighted by Gasteiger charge is 2.34. The van der Waals surface area contributed by atoms with Crippen molar-refractivity contribution < 1.29 is 4.79 Å². The maximum Gasteiger partial charge on any atom is 0.324 e. The second-order valence-electron chi connectivity index (χ2n) is 5.11. The van der Waals surface area contributed by atoms with E-state index in [0.29, 0.717) is 11.1 Å². The van der Waals surface area contributed by atoms with E-state index in [1.807, 2.05) is 34.1 Å². The van der Waals surface area contributed by atoms with Crippen LogP contribution in [-0.2, 0) is 0 Å². The summed E-state index contributed by atoms with van der Waals surface area (Å²) >= 11 is 5.99. The summed E-state index contributed by atoms with van der Waals surface area (Å²) in [5.74, 6) is 0. The number of nitrogens with one attached hydrogen (secondary N) is 1. The second-order valence-corrected chi connectivity index (χ2v) is 5.54. The summed E-state index contributed by atoms with van der Waals surface area (Å²) in [5.41, 5.74) is 0.892. The minimum atomic E-state index is 0. The molecule has 2 fully saturated rings. The number of urea groups is 1. The summed E-state index contributed by atoms with van der Waals surface area (Å²) in [6, 6.07) is 7.94. The van der Waals surface area contributed by atoms with Gasteiger partial charge in [0.05, 0.1) is 0 Å². The zero-order valence-corrected chi connectivity index (χ0v) is 12.8. The number of carbonyl (C=O) groups is 1. The van der Waals surface area contributed by atoms with E-state index >= 15 is 0 Å². The third kappa shape index (κ3) is 3.03. The van der Waals surface area contributed by atoms with Crippen molar-refractivity contribution in [1.82, 2.24) is 10.2 Å². The van der Waals surface area contributed by atoms with Crippen LogP contribution in [0.15, 0.2) is 24.3 Å². The lowest BCUT2D eigenvalue weighted by molar-refractivity contribution is 0.187. The number of anilines is 1. The second kappa shape index (κ2) is 6.66. The van der Waals surface area contributed by atoms with Crippen molar-refractivity contribution in [3.63, 3.8) is 0 Å². The van der Waals surface area contributed by atoms with Gasteiger partial charge in [-0.1, -0.05) is 17.7 Å². The number of carbonyl (C=O) groups excluding carboxylic acids is 1. The van der Waals surface area contributed by atoms with Crippen LogP contribution in [0.1, 0.15) is 12.8 Å². The SMILES string of the molecule is Cl.O=C1N(c2cccc(Cl)c2)CCN1C1CCCNC1. The Labute approximate surface area is 130 Å². The Morgan fingerprint density at radius 1 is 1.30 bits per heavy atom. The molecule has 2 aliphatic rings. The third-order valence-electron chi connectivity index (χ3n) is 3.87. The first-order chi connectivity index (χ1) is 9.25. The van der Waals surface area contributed by atoms with Crippen molar-refractivity contribution in [3.05, 3.63) is 29.3 Å². The quantitative estimate of drug-likeness (QED) is 0.911. The fraction of sp³-hybridized carbons (Fsp3) is 0.500. The van der Waals surface area contributed by atoms with E-state index in [-0.39, 0.29) is 18.4 Å². The molecule has 0 saturated carbocycles. The molecule has 1 atom stereocenters. The predicted molar refractivity (Wildman–Crippen MR) is 84.0 cm³/mol. The number of piperidine rings is 1. The molecule has 1 N–H and O–H groups in total. The Kier molecular flexibility index (Phi) is 5.13. The van der Waals surface area contributed by atoms with Gasteiger partial charge >= 0.3 is 6.03 Å². The lowest BCUT2D eigenvalue weighted by atomic mass is 10.1. The zero-order valence-electron chi connectivity index (χ0n) is 11.2. The van der Waals surface area contributed by atoms with E-state index in [2.05, 4.69) is 5.32 Å². The van der Waals surface area contributed by atoms with Crippen molar-refractivity contribution >= 4 is 35.7 Å². The van der Waals surface area contributed by atoms with E-state index in [1.54, 1.807) is 0 Å². The minimum Gasteiger partial charge on any atom is -0.318 e. The Morgan fingerprint density at radius 2 is 2.15 bits per heavy atom. The highest BCUT2D eigenvalue weighted by atomic mass is 35.5. The van der Waals surface area contributed by atoms with Crippen molar-refractivity contribution in [1.29, 1.82) is 0 Å². The van der Waals surface area contributed by atoms with Crippen LogP contribution in [0, 0.1) is 0 Å². The number of amides is 2. The van der Waals surface area contributed by atoms with Gasteiger partial charge in [0, 0.05) is 36.4 Å². The number of rotatable bonds is 2. The van der Waals surface area contributed by atoms with E-state index in [4.69, 9.17) is 11.6 Å². The summed E-state index contributed by atoms with van der Waals surface area (Å²) in [4.78, 5) is 16.3. The molecular weight excluding hydrogens is 297 g/mol. The molecule has 2 heterocycles. The smallest absolute Gasteiger partial charge is 0.318 e. The number of benzene rings is 1. The van der Waals surface area contributed by atoms with Crippen molar-refractivity contribution in [3.8, 4) is 0 Å². The fourth-order valence-electron chi connectivity index (χ4n) is 2.88. The molecule has 0 spiro atoms. The predicted octanol–water partition coefficient (Wildman–Crippen LogP) is 2.76. The number of hydrogen-bond acceptors (Lipinski definition) is 2. The van der Waals surface area contributed by atoms with E-state index in [1.165, 1.54) is 0 Å². The highest BCUT2D eigenvalue weighted by molar-refractivity contribution is 6.30. The molecule has 0 bridgehead atoms. The molecule has 1 aromatic carbocycles. The van der Waals surface area contributed by atoms with E-state index < -0.39 is 0 Å². The average Bonchev–Trinajstić information content (AvgIpc) is 2.81. The van der Waals surface area contributed by atoms with Gasteiger partial charge in [-0.2, -0.15) is 0 Å². The van der Waals surface area contributed by atoms with Crippen LogP contribution in [0.2, 0.25) is 5.02 Å². The Hall–Kier alpha value is -0.970. The van der Waals surface area contributed by atoms with Crippen molar-refractivity contribution in [2.45, 2.75) is 18.9 Å². The first-order valence-corrected chi connectivity index (χ1v) is 7.18. The van der Waals surface area contributed by atoms with Crippen LogP contribution in [-0.4, -0.2) is 43.2 Å². The molecule has 0 radical (unpaired) electrons. The Morgan fingerprint density at radius 3 is 2.85 bits per heavy atom. The number of hydrogen-bond donors (Lipinski definition) is 1. The van der Waals surface area contributed by atoms with Gasteiger partial charge in [0.2, 0.25) is 0 Å². The topological polar surface area (TPSA) is 35.6 Å². The fourth-order valence-corrected chi connectivity index (χ4v) is 3.06. The molecule has 3 rings (SSSR count). The van der Waals surface area contributed by atoms with E-state index in [9.17, 15) is 4.79 Å². The molecule has 20 heavy (non-hydrogen) atoms. The maximum absolute atomic E-state index is 12.5. The first-order valence-electron chi connectivity index (χ1n) is 6.80. The van der Waals surface area contributed by atoms with Crippen molar-refractivity contribution in [2.24, 2.45) is 0 Å². The van der Waals surface area contributed by atoms with Crippen LogP contribution >= 0.6 is 24.0 Å². The molecule has 2 saturated heterocycles. The van der Waals surface area contributed by atoms with Gasteiger partial charge in [0.25, 0.3) is 0 Å². The van der Waals surface area contributed by atoms with Crippen LogP contribution < -0.4 is 10.2 Å². The van der Waals surface area contributed by atoms with Gasteiger partial charge in [-0.05, 0) is 37.6 Å². The van der Waals surface area contributed by atoms with Crippen LogP contribution in [0.4, 0.5) is 10.5 Å². The summed E-state index contributed by atoms with van der Waals surface area (Å²) in [7, 11) is 0. The monoisotopic (exact) mass is 315 g/mol. The summed E-state index contributed by atoms with van der Waals surface area (Å²) in [6.07, 6.45) is 2.24. The standard InChI is InChI=1S/C14H18ClN3O.ClH/c15-11-3-1-4-12(9-11)17-7-8-18(14(17)19)13-5-2-6-16-10-13;/h1,3-4,9,13,16H,2,5-8,10H2;1H. The highest BCUT2D eigenvalue weighted by Crippen LogP contribution is 2.25. The molecule has 1 aromatic rings. The van der Waals surface area contributed by atoms with Crippen LogP contribution in [0.5, 0.6) is 0 Å². The van der Waals surface area contributed by atoms with Crippen molar-refractivity contribution in [2.75, 3.05) is 31.1 Å². The molecule has 110 valence electrons. The summed E-state index contributed by atoms with van der Waals surface area (Å²) in [6.45, 7) is 3.53. The van der Waals surface area contributed by atoms with Gasteiger partial charge in [-0.15, -0.1) is 12.4 Å². The Bertz CT molecular complexity index is 477. The zero-order chi connectivity index (χ0) is 13.2. The molecule has 2 aliphatic heterocycles. The molecular formula is C14H19Cl2N3O. The minimum absolute atomic E-state index is 0. The van der Waals surface area contributed by atoms with E-state index in [0.717, 1.165) is 44.7 Å². The molecule has 6 heteroatoms. The lowest BCUT2D eigenvalue weighted by Crippen LogP contribution is -2.47. The molecule has 4 nitrogen and oxygen atoms in total. The normalized spacial score (nSPS) is 22.9. The van der Waals surface area contributed by atoms with Gasteiger partial charge in [0.15, 0.2) is 0 Å². The van der Waals surface area contributed by atoms with Crippen LogP contribution in [0.25, 0.3) is 0 Å². The Balaban J connectivity index is 0.00000147. The molecule has 2 amide bonds. The maximum atomic E-state index is 12.5. The van der Waals surface area contributed by atoms with Gasteiger partial charge in [0.1, 0.15) is 0 Å². The molecule has 1 unspecified atom stereocenters. The lowest BCUT2D eigenvalue weighted by Gasteiger charge is -2.31.